The van der Waals surface area contributed by atoms with E-state index in [4.69, 9.17) is 5.11 Å². The van der Waals surface area contributed by atoms with Crippen molar-refractivity contribution in [2.45, 2.75) is 25.8 Å². The number of carboxylic acid groups (broad SMARTS) is 1. The van der Waals surface area contributed by atoms with Crippen LogP contribution in [0.15, 0.2) is 12.3 Å². The second kappa shape index (κ2) is 4.08. The Morgan fingerprint density at radius 1 is 1.69 bits per heavy atom. The molecule has 0 radical (unpaired) electrons. The SMILES string of the molecule is Cc1ncc(F)cc1N1CCCC1C(=O)O. The van der Waals surface area contributed by atoms with Crippen molar-refractivity contribution >= 4 is 11.7 Å². The maximum Gasteiger partial charge on any atom is 0.326 e. The van der Waals surface area contributed by atoms with E-state index in [-0.39, 0.29) is 0 Å². The number of hydrogen-bond acceptors (Lipinski definition) is 3. The molecule has 1 unspecified atom stereocenters. The molecule has 1 saturated heterocycles. The Balaban J connectivity index is 2.35. The van der Waals surface area contributed by atoms with Gasteiger partial charge in [0, 0.05) is 12.6 Å². The Kier molecular flexibility index (Phi) is 2.77. The average Bonchev–Trinajstić information content (AvgIpc) is 2.70. The summed E-state index contributed by atoms with van der Waals surface area (Å²) in [6.07, 6.45) is 2.56. The summed E-state index contributed by atoms with van der Waals surface area (Å²) in [7, 11) is 0. The van der Waals surface area contributed by atoms with Crippen molar-refractivity contribution in [1.29, 1.82) is 0 Å². The number of aryl methyl sites for hydroxylation is 1. The van der Waals surface area contributed by atoms with E-state index >= 15 is 0 Å². The number of aliphatic carboxylic acids is 1. The molecule has 1 aromatic rings. The molecule has 86 valence electrons. The van der Waals surface area contributed by atoms with Crippen molar-refractivity contribution in [2.24, 2.45) is 0 Å². The number of anilines is 1. The summed E-state index contributed by atoms with van der Waals surface area (Å²) in [6, 6.07) is 0.797. The van der Waals surface area contributed by atoms with E-state index in [9.17, 15) is 9.18 Å². The van der Waals surface area contributed by atoms with Crippen LogP contribution in [0.4, 0.5) is 10.1 Å². The molecular weight excluding hydrogens is 211 g/mol. The van der Waals surface area contributed by atoms with Gasteiger partial charge in [-0.05, 0) is 19.8 Å². The number of pyridine rings is 1. The number of carbonyl (C=O) groups is 1. The van der Waals surface area contributed by atoms with E-state index in [1.165, 1.54) is 6.07 Å². The molecule has 0 aliphatic carbocycles. The third kappa shape index (κ3) is 1.85. The number of carboxylic acids is 1. The van der Waals surface area contributed by atoms with Crippen LogP contribution in [-0.2, 0) is 4.79 Å². The van der Waals surface area contributed by atoms with Crippen LogP contribution in [-0.4, -0.2) is 28.6 Å². The number of rotatable bonds is 2. The quantitative estimate of drug-likeness (QED) is 0.828. The molecule has 1 aliphatic heterocycles. The minimum atomic E-state index is -0.860. The lowest BCUT2D eigenvalue weighted by Gasteiger charge is -2.24. The van der Waals surface area contributed by atoms with Gasteiger partial charge < -0.3 is 10.0 Å². The summed E-state index contributed by atoms with van der Waals surface area (Å²) in [6.45, 7) is 2.40. The number of halogens is 1. The topological polar surface area (TPSA) is 53.4 Å². The van der Waals surface area contributed by atoms with E-state index < -0.39 is 17.8 Å². The molecule has 0 amide bonds. The standard InChI is InChI=1S/C11H13FN2O2/c1-7-10(5-8(12)6-13-7)14-4-2-3-9(14)11(15)16/h5-6,9H,2-4H2,1H3,(H,15,16). The molecule has 0 spiro atoms. The predicted octanol–water partition coefficient (Wildman–Crippen LogP) is 1.58. The lowest BCUT2D eigenvalue weighted by Crippen LogP contribution is -2.36. The van der Waals surface area contributed by atoms with Gasteiger partial charge in [-0.2, -0.15) is 0 Å². The lowest BCUT2D eigenvalue weighted by molar-refractivity contribution is -0.138. The molecule has 16 heavy (non-hydrogen) atoms. The maximum absolute atomic E-state index is 13.1. The molecular formula is C11H13FN2O2. The van der Waals surface area contributed by atoms with E-state index in [1.807, 2.05) is 0 Å². The summed E-state index contributed by atoms with van der Waals surface area (Å²) in [4.78, 5) is 16.6. The van der Waals surface area contributed by atoms with Crippen LogP contribution in [0.2, 0.25) is 0 Å². The van der Waals surface area contributed by atoms with Crippen LogP contribution in [0.5, 0.6) is 0 Å². The fraction of sp³-hybridized carbons (Fsp3) is 0.455. The number of nitrogens with zero attached hydrogens (tertiary/aromatic N) is 2. The normalized spacial score (nSPS) is 20.1. The zero-order chi connectivity index (χ0) is 11.7. The van der Waals surface area contributed by atoms with Crippen molar-refractivity contribution in [3.8, 4) is 0 Å². The highest BCUT2D eigenvalue weighted by atomic mass is 19.1. The second-order valence-electron chi connectivity index (χ2n) is 3.95. The Labute approximate surface area is 92.7 Å². The molecule has 1 aliphatic rings. The van der Waals surface area contributed by atoms with Gasteiger partial charge in [0.05, 0.1) is 17.6 Å². The van der Waals surface area contributed by atoms with Crippen molar-refractivity contribution in [1.82, 2.24) is 4.98 Å². The van der Waals surface area contributed by atoms with Crippen LogP contribution < -0.4 is 4.90 Å². The van der Waals surface area contributed by atoms with Gasteiger partial charge in [0.1, 0.15) is 11.9 Å². The molecule has 1 atom stereocenters. The van der Waals surface area contributed by atoms with Gasteiger partial charge in [-0.15, -0.1) is 0 Å². The average molecular weight is 224 g/mol. The largest absolute Gasteiger partial charge is 0.480 e. The van der Waals surface area contributed by atoms with Crippen LogP contribution >= 0.6 is 0 Å². The highest BCUT2D eigenvalue weighted by Crippen LogP contribution is 2.28. The molecule has 0 saturated carbocycles. The minimum absolute atomic E-state index is 0.434. The van der Waals surface area contributed by atoms with Crippen molar-refractivity contribution < 1.29 is 14.3 Å². The Morgan fingerprint density at radius 3 is 3.12 bits per heavy atom. The van der Waals surface area contributed by atoms with Gasteiger partial charge in [-0.1, -0.05) is 0 Å². The summed E-state index contributed by atoms with van der Waals surface area (Å²) in [5.41, 5.74) is 1.25. The second-order valence-corrected chi connectivity index (χ2v) is 3.95. The van der Waals surface area contributed by atoms with Crippen LogP contribution in [0.3, 0.4) is 0 Å². The number of aromatic nitrogens is 1. The van der Waals surface area contributed by atoms with E-state index in [0.717, 1.165) is 12.6 Å². The van der Waals surface area contributed by atoms with E-state index in [1.54, 1.807) is 11.8 Å². The molecule has 0 bridgehead atoms. The molecule has 1 fully saturated rings. The molecule has 0 aromatic carbocycles. The van der Waals surface area contributed by atoms with Gasteiger partial charge in [0.2, 0.25) is 0 Å². The van der Waals surface area contributed by atoms with Crippen molar-refractivity contribution in [3.05, 3.63) is 23.8 Å². The smallest absolute Gasteiger partial charge is 0.326 e. The lowest BCUT2D eigenvalue weighted by atomic mass is 10.2. The minimum Gasteiger partial charge on any atom is -0.480 e. The molecule has 1 aromatic heterocycles. The van der Waals surface area contributed by atoms with Crippen molar-refractivity contribution in [2.75, 3.05) is 11.4 Å². The fourth-order valence-electron chi connectivity index (χ4n) is 2.10. The van der Waals surface area contributed by atoms with E-state index in [0.29, 0.717) is 24.3 Å². The van der Waals surface area contributed by atoms with Crippen LogP contribution in [0.1, 0.15) is 18.5 Å². The van der Waals surface area contributed by atoms with Gasteiger partial charge in [-0.25, -0.2) is 9.18 Å². The third-order valence-electron chi connectivity index (χ3n) is 2.87. The third-order valence-corrected chi connectivity index (χ3v) is 2.87. The Hall–Kier alpha value is -1.65. The maximum atomic E-state index is 13.1. The van der Waals surface area contributed by atoms with Crippen LogP contribution in [0.25, 0.3) is 0 Å². The van der Waals surface area contributed by atoms with Gasteiger partial charge >= 0.3 is 5.97 Å². The predicted molar refractivity (Wildman–Crippen MR) is 56.9 cm³/mol. The van der Waals surface area contributed by atoms with Crippen LogP contribution in [0, 0.1) is 12.7 Å². The first kappa shape index (κ1) is 10.9. The van der Waals surface area contributed by atoms with E-state index in [2.05, 4.69) is 4.98 Å². The fourth-order valence-corrected chi connectivity index (χ4v) is 2.10. The zero-order valence-electron chi connectivity index (χ0n) is 8.98. The van der Waals surface area contributed by atoms with Gasteiger partial charge in [0.15, 0.2) is 0 Å². The van der Waals surface area contributed by atoms with Gasteiger partial charge in [-0.3, -0.25) is 4.98 Å². The number of hydrogen-bond donors (Lipinski definition) is 1. The first-order valence-corrected chi connectivity index (χ1v) is 5.21. The molecule has 2 rings (SSSR count). The molecule has 1 N–H and O–H groups in total. The zero-order valence-corrected chi connectivity index (χ0v) is 8.98. The highest BCUT2D eigenvalue weighted by molar-refractivity contribution is 5.79. The highest BCUT2D eigenvalue weighted by Gasteiger charge is 2.31. The Bertz CT molecular complexity index is 422. The monoisotopic (exact) mass is 224 g/mol. The molecule has 5 heteroatoms. The van der Waals surface area contributed by atoms with Gasteiger partial charge in [0.25, 0.3) is 0 Å². The first-order valence-electron chi connectivity index (χ1n) is 5.21. The summed E-state index contributed by atoms with van der Waals surface area (Å²) < 4.78 is 13.1. The summed E-state index contributed by atoms with van der Waals surface area (Å²) in [5, 5.41) is 9.05. The summed E-state index contributed by atoms with van der Waals surface area (Å²) >= 11 is 0. The summed E-state index contributed by atoms with van der Waals surface area (Å²) in [5.74, 6) is -1.29. The molecule has 2 heterocycles. The Morgan fingerprint density at radius 2 is 2.44 bits per heavy atom. The molecule has 4 nitrogen and oxygen atoms in total. The first-order chi connectivity index (χ1) is 7.59. The van der Waals surface area contributed by atoms with Crippen molar-refractivity contribution in [3.63, 3.8) is 0 Å².